The number of nitrogens with zero attached hydrogens (tertiary/aromatic N) is 1. The molecular weight excluding hydrogens is 320 g/mol. The summed E-state index contributed by atoms with van der Waals surface area (Å²) in [5, 5.41) is 4.00. The van der Waals surface area contributed by atoms with Crippen molar-refractivity contribution in [3.63, 3.8) is 0 Å². The van der Waals surface area contributed by atoms with Gasteiger partial charge < -0.3 is 10.1 Å². The zero-order valence-electron chi connectivity index (χ0n) is 13.6. The molecule has 3 rings (SSSR count). The molecule has 1 aromatic heterocycles. The van der Waals surface area contributed by atoms with Crippen molar-refractivity contribution in [2.45, 2.75) is 23.6 Å². The molecule has 0 spiro atoms. The van der Waals surface area contributed by atoms with Crippen molar-refractivity contribution >= 4 is 17.7 Å². The summed E-state index contributed by atoms with van der Waals surface area (Å²) in [4.78, 5) is 16.4. The molecule has 4 nitrogen and oxygen atoms in total. The third-order valence-corrected chi connectivity index (χ3v) is 5.12. The first-order valence-electron chi connectivity index (χ1n) is 8.30. The van der Waals surface area contributed by atoms with Gasteiger partial charge in [0.05, 0.1) is 5.03 Å². The van der Waals surface area contributed by atoms with Crippen molar-refractivity contribution in [3.8, 4) is 0 Å². The van der Waals surface area contributed by atoms with Crippen LogP contribution in [0, 0.1) is 5.92 Å². The third-order valence-electron chi connectivity index (χ3n) is 4.10. The van der Waals surface area contributed by atoms with Crippen molar-refractivity contribution in [2.75, 3.05) is 19.8 Å². The van der Waals surface area contributed by atoms with Crippen molar-refractivity contribution in [1.29, 1.82) is 0 Å². The van der Waals surface area contributed by atoms with Crippen LogP contribution in [0.5, 0.6) is 0 Å². The molecule has 1 atom stereocenters. The molecule has 0 saturated carbocycles. The molecule has 1 aliphatic heterocycles. The van der Waals surface area contributed by atoms with Crippen LogP contribution < -0.4 is 5.32 Å². The molecule has 1 amide bonds. The first-order valence-corrected chi connectivity index (χ1v) is 9.28. The second kappa shape index (κ2) is 8.85. The zero-order valence-corrected chi connectivity index (χ0v) is 14.4. The highest BCUT2D eigenvalue weighted by atomic mass is 32.2. The molecular formula is C19H22N2O2S. The Bertz CT molecular complexity index is 640. The van der Waals surface area contributed by atoms with Crippen LogP contribution >= 0.6 is 11.8 Å². The van der Waals surface area contributed by atoms with E-state index in [1.165, 1.54) is 5.56 Å². The quantitative estimate of drug-likeness (QED) is 0.782. The van der Waals surface area contributed by atoms with Crippen LogP contribution in [0.4, 0.5) is 0 Å². The highest BCUT2D eigenvalue weighted by molar-refractivity contribution is 7.98. The van der Waals surface area contributed by atoms with Gasteiger partial charge >= 0.3 is 0 Å². The fraction of sp³-hybridized carbons (Fsp3) is 0.368. The lowest BCUT2D eigenvalue weighted by atomic mass is 10.1. The number of hydrogen-bond donors (Lipinski definition) is 1. The summed E-state index contributed by atoms with van der Waals surface area (Å²) in [7, 11) is 0. The highest BCUT2D eigenvalue weighted by Gasteiger charge is 2.15. The summed E-state index contributed by atoms with van der Waals surface area (Å²) in [6.45, 7) is 2.40. The monoisotopic (exact) mass is 342 g/mol. The lowest BCUT2D eigenvalue weighted by Crippen LogP contribution is -2.26. The zero-order chi connectivity index (χ0) is 16.6. The Morgan fingerprint density at radius 2 is 2.12 bits per heavy atom. The van der Waals surface area contributed by atoms with Crippen molar-refractivity contribution in [3.05, 3.63) is 59.8 Å². The van der Waals surface area contributed by atoms with Crippen LogP contribution in [0.15, 0.2) is 53.7 Å². The molecule has 1 aromatic carbocycles. The Balaban J connectivity index is 1.43. The number of aromatic nitrogens is 1. The van der Waals surface area contributed by atoms with Gasteiger partial charge in [0.2, 0.25) is 0 Å². The van der Waals surface area contributed by atoms with Crippen LogP contribution in [-0.2, 0) is 10.5 Å². The lowest BCUT2D eigenvalue weighted by molar-refractivity contribution is 0.0950. The summed E-state index contributed by atoms with van der Waals surface area (Å²) in [5.41, 5.74) is 1.90. The normalized spacial score (nSPS) is 16.9. The molecule has 1 saturated heterocycles. The van der Waals surface area contributed by atoms with Crippen LogP contribution in [0.1, 0.15) is 28.8 Å². The molecule has 1 aliphatic rings. The van der Waals surface area contributed by atoms with Gasteiger partial charge in [0.15, 0.2) is 0 Å². The predicted molar refractivity (Wildman–Crippen MR) is 96.1 cm³/mol. The van der Waals surface area contributed by atoms with Gasteiger partial charge in [-0.15, -0.1) is 11.8 Å². The molecule has 1 fully saturated rings. The van der Waals surface area contributed by atoms with Crippen molar-refractivity contribution in [1.82, 2.24) is 10.3 Å². The molecule has 2 heterocycles. The predicted octanol–water partition coefficient (Wildman–Crippen LogP) is 3.53. The SMILES string of the molecule is O=C(NCC[C@@H]1CCOC1)c1ccc(CSc2ccccn2)cc1. The van der Waals surface area contributed by atoms with E-state index in [1.807, 2.05) is 42.5 Å². The van der Waals surface area contributed by atoms with Crippen molar-refractivity contribution in [2.24, 2.45) is 5.92 Å². The van der Waals surface area contributed by atoms with E-state index in [4.69, 9.17) is 4.74 Å². The van der Waals surface area contributed by atoms with E-state index in [-0.39, 0.29) is 5.91 Å². The molecule has 1 N–H and O–H groups in total. The maximum absolute atomic E-state index is 12.2. The highest BCUT2D eigenvalue weighted by Crippen LogP contribution is 2.20. The Labute approximate surface area is 147 Å². The summed E-state index contributed by atoms with van der Waals surface area (Å²) in [6, 6.07) is 13.7. The largest absolute Gasteiger partial charge is 0.381 e. The first kappa shape index (κ1) is 17.0. The van der Waals surface area contributed by atoms with Crippen LogP contribution in [0.2, 0.25) is 0 Å². The second-order valence-corrected chi connectivity index (χ2v) is 6.92. The van der Waals surface area contributed by atoms with E-state index < -0.39 is 0 Å². The van der Waals surface area contributed by atoms with Crippen LogP contribution in [0.3, 0.4) is 0 Å². The number of benzene rings is 1. The average Bonchev–Trinajstić information content (AvgIpc) is 3.15. The third kappa shape index (κ3) is 5.08. The van der Waals surface area contributed by atoms with Gasteiger partial charge in [-0.2, -0.15) is 0 Å². The van der Waals surface area contributed by atoms with Crippen molar-refractivity contribution < 1.29 is 9.53 Å². The van der Waals surface area contributed by atoms with E-state index in [0.29, 0.717) is 18.0 Å². The minimum Gasteiger partial charge on any atom is -0.381 e. The number of carbonyl (C=O) groups excluding carboxylic acids is 1. The smallest absolute Gasteiger partial charge is 0.251 e. The van der Waals surface area contributed by atoms with E-state index in [0.717, 1.165) is 36.8 Å². The van der Waals surface area contributed by atoms with Gasteiger partial charge in [-0.25, -0.2) is 4.98 Å². The molecule has 5 heteroatoms. The Morgan fingerprint density at radius 1 is 1.25 bits per heavy atom. The fourth-order valence-corrected chi connectivity index (χ4v) is 3.46. The molecule has 0 bridgehead atoms. The summed E-state index contributed by atoms with van der Waals surface area (Å²) in [6.07, 6.45) is 3.90. The van der Waals surface area contributed by atoms with Gasteiger partial charge in [0.25, 0.3) is 5.91 Å². The molecule has 126 valence electrons. The topological polar surface area (TPSA) is 51.2 Å². The van der Waals surface area contributed by atoms with Gasteiger partial charge in [-0.1, -0.05) is 18.2 Å². The fourth-order valence-electron chi connectivity index (χ4n) is 2.64. The minimum atomic E-state index is -0.00200. The maximum Gasteiger partial charge on any atom is 0.251 e. The van der Waals surface area contributed by atoms with E-state index in [9.17, 15) is 4.79 Å². The van der Waals surface area contributed by atoms with E-state index in [2.05, 4.69) is 10.3 Å². The van der Waals surface area contributed by atoms with E-state index >= 15 is 0 Å². The van der Waals surface area contributed by atoms with Crippen LogP contribution in [0.25, 0.3) is 0 Å². The molecule has 24 heavy (non-hydrogen) atoms. The van der Waals surface area contributed by atoms with Gasteiger partial charge in [0.1, 0.15) is 0 Å². The van der Waals surface area contributed by atoms with Gasteiger partial charge in [-0.3, -0.25) is 4.79 Å². The summed E-state index contributed by atoms with van der Waals surface area (Å²) >= 11 is 1.69. The number of thioether (sulfide) groups is 1. The minimum absolute atomic E-state index is 0.00200. The van der Waals surface area contributed by atoms with Crippen LogP contribution in [-0.4, -0.2) is 30.6 Å². The standard InChI is InChI=1S/C19H22N2O2S/c22-19(21-11-8-15-9-12-23-13-15)17-6-4-16(5-7-17)14-24-18-3-1-2-10-20-18/h1-7,10,15H,8-9,11-14H2,(H,21,22)/t15-/m1/s1. The number of carbonyl (C=O) groups is 1. The number of amides is 1. The summed E-state index contributed by atoms with van der Waals surface area (Å²) in [5.74, 6) is 1.44. The summed E-state index contributed by atoms with van der Waals surface area (Å²) < 4.78 is 5.35. The number of ether oxygens (including phenoxy) is 1. The Hall–Kier alpha value is -1.85. The molecule has 2 aromatic rings. The van der Waals surface area contributed by atoms with E-state index in [1.54, 1.807) is 18.0 Å². The number of hydrogen-bond acceptors (Lipinski definition) is 4. The maximum atomic E-state index is 12.2. The number of pyridine rings is 1. The average molecular weight is 342 g/mol. The van der Waals surface area contributed by atoms with Gasteiger partial charge in [0, 0.05) is 37.3 Å². The Kier molecular flexibility index (Phi) is 6.26. The number of rotatable bonds is 7. The Morgan fingerprint density at radius 3 is 2.83 bits per heavy atom. The van der Waals surface area contributed by atoms with Gasteiger partial charge in [-0.05, 0) is 48.6 Å². The first-order chi connectivity index (χ1) is 11.8. The second-order valence-electron chi connectivity index (χ2n) is 5.93. The molecule has 0 unspecified atom stereocenters. The molecule has 0 aliphatic carbocycles. The molecule has 0 radical (unpaired) electrons. The lowest BCUT2D eigenvalue weighted by Gasteiger charge is -2.09. The number of nitrogens with one attached hydrogen (secondary N) is 1.